The van der Waals surface area contributed by atoms with E-state index >= 15 is 0 Å². The molecule has 97 valence electrons. The van der Waals surface area contributed by atoms with Gasteiger partial charge in [-0.3, -0.25) is 0 Å². The van der Waals surface area contributed by atoms with E-state index in [4.69, 9.17) is 4.74 Å². The van der Waals surface area contributed by atoms with Gasteiger partial charge in [-0.1, -0.05) is 0 Å². The highest BCUT2D eigenvalue weighted by molar-refractivity contribution is 5.52. The van der Waals surface area contributed by atoms with Crippen molar-refractivity contribution < 1.29 is 4.74 Å². The summed E-state index contributed by atoms with van der Waals surface area (Å²) in [5, 5.41) is 11.4. The Morgan fingerprint density at radius 2 is 2.05 bits per heavy atom. The highest BCUT2D eigenvalue weighted by atomic mass is 16.5. The quantitative estimate of drug-likeness (QED) is 0.865. The number of anilines is 3. The van der Waals surface area contributed by atoms with Crippen molar-refractivity contribution in [2.45, 2.75) is 0 Å². The predicted molar refractivity (Wildman–Crippen MR) is 69.2 cm³/mol. The molecular formula is C12H13N6O. The third-order valence-electron chi connectivity index (χ3n) is 2.77. The first-order chi connectivity index (χ1) is 9.42. The molecule has 1 radical (unpaired) electrons. The van der Waals surface area contributed by atoms with E-state index < -0.39 is 0 Å². The summed E-state index contributed by atoms with van der Waals surface area (Å²) in [6, 6.07) is 5.46. The van der Waals surface area contributed by atoms with Crippen molar-refractivity contribution in [2.75, 3.05) is 36.5 Å². The van der Waals surface area contributed by atoms with Gasteiger partial charge in [0.2, 0.25) is 0 Å². The van der Waals surface area contributed by atoms with Gasteiger partial charge in [-0.05, 0) is 12.1 Å². The monoisotopic (exact) mass is 257 g/mol. The molecule has 0 atom stereocenters. The SMILES string of the molecule is [c]1cc(Nc2ccc(N3CCOCC3)nn2)ncn1. The molecule has 7 nitrogen and oxygen atoms in total. The summed E-state index contributed by atoms with van der Waals surface area (Å²) in [7, 11) is 0. The molecule has 1 N–H and O–H groups in total. The molecule has 0 bridgehead atoms. The largest absolute Gasteiger partial charge is 0.378 e. The first-order valence-electron chi connectivity index (χ1n) is 6.03. The van der Waals surface area contributed by atoms with Crippen LogP contribution in [0.3, 0.4) is 0 Å². The molecule has 0 amide bonds. The molecule has 1 fully saturated rings. The molecule has 0 aliphatic carbocycles. The standard InChI is InChI=1S/C12H13N6O/c1-2-12(18-5-7-19-8-6-18)17-16-11(1)15-10-3-4-13-9-14-10/h1-3,9H,5-8H2,(H,13,14,15,16). The predicted octanol–water partition coefficient (Wildman–Crippen LogP) is 0.647. The summed E-state index contributed by atoms with van der Waals surface area (Å²) >= 11 is 0. The number of hydrogen-bond acceptors (Lipinski definition) is 7. The van der Waals surface area contributed by atoms with E-state index in [9.17, 15) is 0 Å². The van der Waals surface area contributed by atoms with Gasteiger partial charge >= 0.3 is 0 Å². The van der Waals surface area contributed by atoms with Gasteiger partial charge in [-0.25, -0.2) is 9.97 Å². The van der Waals surface area contributed by atoms with Crippen LogP contribution in [0.4, 0.5) is 17.5 Å². The minimum absolute atomic E-state index is 0.642. The first kappa shape index (κ1) is 11.8. The Kier molecular flexibility index (Phi) is 3.46. The fourth-order valence-electron chi connectivity index (χ4n) is 1.81. The maximum atomic E-state index is 5.30. The summed E-state index contributed by atoms with van der Waals surface area (Å²) in [5.41, 5.74) is 0. The van der Waals surface area contributed by atoms with Crippen molar-refractivity contribution in [2.24, 2.45) is 0 Å². The maximum absolute atomic E-state index is 5.30. The fraction of sp³-hybridized carbons (Fsp3) is 0.333. The van der Waals surface area contributed by atoms with Gasteiger partial charge in [0.15, 0.2) is 11.6 Å². The van der Waals surface area contributed by atoms with Gasteiger partial charge in [0.1, 0.15) is 12.1 Å². The van der Waals surface area contributed by atoms with E-state index in [1.807, 2.05) is 12.1 Å². The van der Waals surface area contributed by atoms with Gasteiger partial charge in [-0.15, -0.1) is 10.2 Å². The molecule has 2 aromatic rings. The minimum atomic E-state index is 0.642. The summed E-state index contributed by atoms with van der Waals surface area (Å²) in [6.45, 7) is 3.17. The summed E-state index contributed by atoms with van der Waals surface area (Å²) in [6.07, 6.45) is 4.13. The highest BCUT2D eigenvalue weighted by Crippen LogP contribution is 2.15. The molecule has 7 heteroatoms. The van der Waals surface area contributed by atoms with Crippen LogP contribution >= 0.6 is 0 Å². The van der Waals surface area contributed by atoms with Crippen molar-refractivity contribution in [1.29, 1.82) is 0 Å². The number of aromatic nitrogens is 4. The molecule has 0 unspecified atom stereocenters. The Hall–Kier alpha value is -2.28. The van der Waals surface area contributed by atoms with Crippen LogP contribution in [0.5, 0.6) is 0 Å². The molecule has 3 rings (SSSR count). The van der Waals surface area contributed by atoms with E-state index in [2.05, 4.69) is 36.6 Å². The van der Waals surface area contributed by atoms with Crippen molar-refractivity contribution in [3.8, 4) is 0 Å². The van der Waals surface area contributed by atoms with Crippen LogP contribution in [-0.2, 0) is 4.74 Å². The van der Waals surface area contributed by atoms with Crippen LogP contribution in [0.1, 0.15) is 0 Å². The number of ether oxygens (including phenoxy) is 1. The fourth-order valence-corrected chi connectivity index (χ4v) is 1.81. The van der Waals surface area contributed by atoms with E-state index in [0.29, 0.717) is 11.6 Å². The molecule has 19 heavy (non-hydrogen) atoms. The molecular weight excluding hydrogens is 244 g/mol. The Morgan fingerprint density at radius 1 is 1.16 bits per heavy atom. The maximum Gasteiger partial charge on any atom is 0.154 e. The molecule has 1 aliphatic heterocycles. The van der Waals surface area contributed by atoms with Crippen molar-refractivity contribution >= 4 is 17.5 Å². The molecule has 1 saturated heterocycles. The highest BCUT2D eigenvalue weighted by Gasteiger charge is 2.12. The third kappa shape index (κ3) is 2.94. The lowest BCUT2D eigenvalue weighted by Gasteiger charge is -2.27. The van der Waals surface area contributed by atoms with E-state index in [-0.39, 0.29) is 0 Å². The van der Waals surface area contributed by atoms with Crippen LogP contribution in [0.15, 0.2) is 24.5 Å². The lowest BCUT2D eigenvalue weighted by Crippen LogP contribution is -2.36. The van der Waals surface area contributed by atoms with Gasteiger partial charge in [0.05, 0.1) is 19.4 Å². The Balaban J connectivity index is 1.68. The zero-order chi connectivity index (χ0) is 12.9. The lowest BCUT2D eigenvalue weighted by molar-refractivity contribution is 0.122. The molecule has 0 aromatic carbocycles. The van der Waals surface area contributed by atoms with Crippen LogP contribution in [0.25, 0.3) is 0 Å². The van der Waals surface area contributed by atoms with Gasteiger partial charge in [0.25, 0.3) is 0 Å². The molecule has 0 saturated carbocycles. The minimum Gasteiger partial charge on any atom is -0.378 e. The van der Waals surface area contributed by atoms with Crippen LogP contribution in [0, 0.1) is 6.20 Å². The lowest BCUT2D eigenvalue weighted by atomic mass is 10.4. The molecule has 3 heterocycles. The van der Waals surface area contributed by atoms with Crippen LogP contribution < -0.4 is 10.2 Å². The second-order valence-corrected chi connectivity index (χ2v) is 4.03. The van der Waals surface area contributed by atoms with Crippen LogP contribution in [-0.4, -0.2) is 46.5 Å². The second-order valence-electron chi connectivity index (χ2n) is 4.03. The number of nitrogens with one attached hydrogen (secondary N) is 1. The Bertz CT molecular complexity index is 512. The summed E-state index contributed by atoms with van der Waals surface area (Å²) in [5.74, 6) is 2.15. The number of morpholine rings is 1. The van der Waals surface area contributed by atoms with E-state index in [1.165, 1.54) is 6.33 Å². The average molecular weight is 257 g/mol. The van der Waals surface area contributed by atoms with Crippen molar-refractivity contribution in [1.82, 2.24) is 20.2 Å². The molecule has 0 spiro atoms. The van der Waals surface area contributed by atoms with Crippen molar-refractivity contribution in [3.05, 3.63) is 30.7 Å². The Morgan fingerprint density at radius 3 is 2.74 bits per heavy atom. The topological polar surface area (TPSA) is 76.1 Å². The first-order valence-corrected chi connectivity index (χ1v) is 6.03. The zero-order valence-corrected chi connectivity index (χ0v) is 10.3. The summed E-state index contributed by atoms with van der Waals surface area (Å²) < 4.78 is 5.30. The van der Waals surface area contributed by atoms with Crippen LogP contribution in [0.2, 0.25) is 0 Å². The molecule has 1 aliphatic rings. The number of rotatable bonds is 3. The second kappa shape index (κ2) is 5.57. The zero-order valence-electron chi connectivity index (χ0n) is 10.3. The molecule has 2 aromatic heterocycles. The normalized spacial score (nSPS) is 15.3. The van der Waals surface area contributed by atoms with Crippen molar-refractivity contribution in [3.63, 3.8) is 0 Å². The Labute approximate surface area is 110 Å². The average Bonchev–Trinajstić information content (AvgIpc) is 2.50. The number of hydrogen-bond donors (Lipinski definition) is 1. The van der Waals surface area contributed by atoms with E-state index in [1.54, 1.807) is 6.07 Å². The van der Waals surface area contributed by atoms with E-state index in [0.717, 1.165) is 32.1 Å². The summed E-state index contributed by atoms with van der Waals surface area (Å²) in [4.78, 5) is 9.92. The van der Waals surface area contributed by atoms with Gasteiger partial charge in [-0.2, -0.15) is 0 Å². The number of nitrogens with zero attached hydrogens (tertiary/aromatic N) is 5. The smallest absolute Gasteiger partial charge is 0.154 e. The third-order valence-corrected chi connectivity index (χ3v) is 2.77. The van der Waals surface area contributed by atoms with Gasteiger partial charge in [0, 0.05) is 19.2 Å². The van der Waals surface area contributed by atoms with Gasteiger partial charge < -0.3 is 15.0 Å².